The van der Waals surface area contributed by atoms with Crippen LogP contribution in [0.5, 0.6) is 0 Å². The molecule has 1 aliphatic rings. The lowest BCUT2D eigenvalue weighted by Crippen LogP contribution is -2.35. The molecule has 0 saturated carbocycles. The highest BCUT2D eigenvalue weighted by Crippen LogP contribution is 2.50. The largest absolute Gasteiger partial charge is 0.394 e. The molecule has 0 fully saturated rings. The average Bonchev–Trinajstić information content (AvgIpc) is 2.40. The maximum Gasteiger partial charge on any atom is 0.394 e. The fourth-order valence-corrected chi connectivity index (χ4v) is 2.98. The Bertz CT molecular complexity index is 346. The van der Waals surface area contributed by atoms with Crippen LogP contribution in [0.2, 0.25) is 0 Å². The number of ether oxygens (including phenoxy) is 2. The van der Waals surface area contributed by atoms with Crippen LogP contribution in [0.4, 0.5) is 13.2 Å². The van der Waals surface area contributed by atoms with Crippen LogP contribution in [0.1, 0.15) is 33.1 Å². The summed E-state index contributed by atoms with van der Waals surface area (Å²) in [6, 6.07) is 0. The van der Waals surface area contributed by atoms with E-state index in [0.717, 1.165) is 0 Å². The van der Waals surface area contributed by atoms with Gasteiger partial charge < -0.3 is 9.47 Å². The second-order valence-electron chi connectivity index (χ2n) is 4.79. The van der Waals surface area contributed by atoms with Gasteiger partial charge in [0.1, 0.15) is 6.79 Å². The first kappa shape index (κ1) is 17.5. The summed E-state index contributed by atoms with van der Waals surface area (Å²) in [5, 5.41) is 0.236. The monoisotopic (exact) mass is 412 g/mol. The van der Waals surface area contributed by atoms with Gasteiger partial charge in [0.25, 0.3) is 0 Å². The van der Waals surface area contributed by atoms with Crippen LogP contribution in [0, 0.1) is 5.41 Å². The first-order valence-electron chi connectivity index (χ1n) is 6.01. The quantitative estimate of drug-likeness (QED) is 0.367. The Hall–Kier alpha value is 0.470. The van der Waals surface area contributed by atoms with E-state index >= 15 is 0 Å². The summed E-state index contributed by atoms with van der Waals surface area (Å²) in [6.07, 6.45) is -4.58. The molecule has 112 valence electrons. The minimum absolute atomic E-state index is 0.00396. The van der Waals surface area contributed by atoms with Crippen LogP contribution in [0.25, 0.3) is 0 Å². The molecule has 0 aromatic heterocycles. The van der Waals surface area contributed by atoms with Crippen molar-refractivity contribution in [3.63, 3.8) is 0 Å². The highest BCUT2D eigenvalue weighted by Gasteiger charge is 2.52. The van der Waals surface area contributed by atoms with Crippen molar-refractivity contribution in [3.8, 4) is 0 Å². The van der Waals surface area contributed by atoms with E-state index in [1.807, 2.05) is 29.5 Å². The van der Waals surface area contributed by atoms with E-state index in [1.165, 1.54) is 6.92 Å². The molecule has 0 radical (unpaired) electrons. The van der Waals surface area contributed by atoms with Gasteiger partial charge in [0.15, 0.2) is 0 Å². The van der Waals surface area contributed by atoms with E-state index < -0.39 is 17.7 Å². The van der Waals surface area contributed by atoms with Crippen molar-refractivity contribution < 1.29 is 22.6 Å². The van der Waals surface area contributed by atoms with E-state index in [0.29, 0.717) is 10.2 Å². The zero-order chi connectivity index (χ0) is 14.7. The zero-order valence-electron chi connectivity index (χ0n) is 10.8. The molecule has 0 saturated heterocycles. The van der Waals surface area contributed by atoms with Crippen molar-refractivity contribution in [2.45, 2.75) is 45.4 Å². The van der Waals surface area contributed by atoms with Gasteiger partial charge in [-0.15, -0.1) is 0 Å². The number of allylic oxidation sites excluding steroid dienone is 1. The van der Waals surface area contributed by atoms with E-state index in [2.05, 4.69) is 0 Å². The molecule has 0 aliphatic heterocycles. The molecule has 1 rings (SSSR count). The summed E-state index contributed by atoms with van der Waals surface area (Å²) in [7, 11) is 0. The van der Waals surface area contributed by atoms with Gasteiger partial charge >= 0.3 is 6.18 Å². The van der Waals surface area contributed by atoms with Gasteiger partial charge in [-0.3, -0.25) is 0 Å². The van der Waals surface area contributed by atoms with Crippen molar-refractivity contribution in [1.82, 2.24) is 0 Å². The van der Waals surface area contributed by atoms with Crippen LogP contribution < -0.4 is 0 Å². The molecule has 0 N–H and O–H groups in total. The van der Waals surface area contributed by atoms with Crippen LogP contribution >= 0.6 is 34.2 Å². The summed E-state index contributed by atoms with van der Waals surface area (Å²) < 4.78 is 50.4. The summed E-state index contributed by atoms with van der Waals surface area (Å²) in [5.74, 6) is 0. The van der Waals surface area contributed by atoms with Crippen LogP contribution in [0.15, 0.2) is 8.61 Å². The third-order valence-electron chi connectivity index (χ3n) is 3.29. The van der Waals surface area contributed by atoms with Crippen molar-refractivity contribution in [2.75, 3.05) is 13.4 Å². The lowest BCUT2D eigenvalue weighted by atomic mass is 9.82. The SMILES string of the molecule is CCOCOC1CCC(C)(C(F)(F)F)CC(Cl)=C1I. The molecule has 0 aromatic rings. The number of hydrogen-bond donors (Lipinski definition) is 0. The zero-order valence-corrected chi connectivity index (χ0v) is 13.7. The molecular formula is C12H17ClF3IO2. The number of rotatable bonds is 4. The Morgan fingerprint density at radius 2 is 2.11 bits per heavy atom. The average molecular weight is 413 g/mol. The number of halogens is 5. The summed E-state index contributed by atoms with van der Waals surface area (Å²) in [6.45, 7) is 3.61. The molecule has 0 aromatic carbocycles. The highest BCUT2D eigenvalue weighted by molar-refractivity contribution is 14.1. The van der Waals surface area contributed by atoms with E-state index in [-0.39, 0.29) is 31.1 Å². The van der Waals surface area contributed by atoms with Gasteiger partial charge in [0, 0.05) is 15.2 Å². The maximum absolute atomic E-state index is 13.1. The third kappa shape index (κ3) is 4.47. The predicted octanol–water partition coefficient (Wildman–Crippen LogP) is 5.00. The second-order valence-corrected chi connectivity index (χ2v) is 6.41. The maximum atomic E-state index is 13.1. The molecule has 7 heteroatoms. The standard InChI is InChI=1S/C12H17ClF3IO2/c1-3-18-7-19-9-4-5-11(2,12(14,15)16)6-8(13)10(9)17/h9H,3-7H2,1-2H3. The topological polar surface area (TPSA) is 18.5 Å². The summed E-state index contributed by atoms with van der Waals surface area (Å²) in [4.78, 5) is 0. The smallest absolute Gasteiger partial charge is 0.356 e. The third-order valence-corrected chi connectivity index (χ3v) is 5.29. The Morgan fingerprint density at radius 3 is 2.63 bits per heavy atom. The predicted molar refractivity (Wildman–Crippen MR) is 76.3 cm³/mol. The van der Waals surface area contributed by atoms with Gasteiger partial charge in [0.2, 0.25) is 0 Å². The van der Waals surface area contributed by atoms with Gasteiger partial charge in [-0.2, -0.15) is 13.2 Å². The van der Waals surface area contributed by atoms with Crippen LogP contribution in [-0.2, 0) is 9.47 Å². The van der Waals surface area contributed by atoms with Gasteiger partial charge in [-0.25, -0.2) is 0 Å². The van der Waals surface area contributed by atoms with Crippen LogP contribution in [-0.4, -0.2) is 25.7 Å². The second kappa shape index (κ2) is 6.95. The Morgan fingerprint density at radius 1 is 1.47 bits per heavy atom. The Kier molecular flexibility index (Phi) is 6.41. The van der Waals surface area contributed by atoms with Gasteiger partial charge in [-0.05, 0) is 48.8 Å². The van der Waals surface area contributed by atoms with Gasteiger partial charge in [-0.1, -0.05) is 18.5 Å². The van der Waals surface area contributed by atoms with Crippen molar-refractivity contribution >= 4 is 34.2 Å². The minimum Gasteiger partial charge on any atom is -0.356 e. The molecular weight excluding hydrogens is 395 g/mol. The van der Waals surface area contributed by atoms with Crippen molar-refractivity contribution in [2.24, 2.45) is 5.41 Å². The lowest BCUT2D eigenvalue weighted by Gasteiger charge is -2.30. The lowest BCUT2D eigenvalue weighted by molar-refractivity contribution is -0.220. The first-order chi connectivity index (χ1) is 8.71. The molecule has 0 heterocycles. The molecule has 0 bridgehead atoms. The molecule has 0 spiro atoms. The van der Waals surface area contributed by atoms with E-state index in [4.69, 9.17) is 21.1 Å². The highest BCUT2D eigenvalue weighted by atomic mass is 127. The fraction of sp³-hybridized carbons (Fsp3) is 0.833. The molecule has 2 unspecified atom stereocenters. The molecule has 19 heavy (non-hydrogen) atoms. The Labute approximate surface area is 129 Å². The normalized spacial score (nSPS) is 29.5. The summed E-state index contributed by atoms with van der Waals surface area (Å²) in [5.41, 5.74) is -1.79. The minimum atomic E-state index is -4.27. The van der Waals surface area contributed by atoms with E-state index in [1.54, 1.807) is 0 Å². The number of hydrogen-bond acceptors (Lipinski definition) is 2. The molecule has 2 atom stereocenters. The van der Waals surface area contributed by atoms with E-state index in [9.17, 15) is 13.2 Å². The molecule has 0 amide bonds. The van der Waals surface area contributed by atoms with Gasteiger partial charge in [0.05, 0.1) is 11.5 Å². The van der Waals surface area contributed by atoms with Crippen LogP contribution in [0.3, 0.4) is 0 Å². The molecule has 1 aliphatic carbocycles. The summed E-state index contributed by atoms with van der Waals surface area (Å²) >= 11 is 7.99. The van der Waals surface area contributed by atoms with Crippen molar-refractivity contribution in [3.05, 3.63) is 8.61 Å². The molecule has 2 nitrogen and oxygen atoms in total. The Balaban J connectivity index is 2.81. The number of alkyl halides is 3. The van der Waals surface area contributed by atoms with Crippen molar-refractivity contribution in [1.29, 1.82) is 0 Å². The fourth-order valence-electron chi connectivity index (χ4n) is 1.88. The first-order valence-corrected chi connectivity index (χ1v) is 7.47.